The second kappa shape index (κ2) is 7.19. The molecule has 0 saturated heterocycles. The maximum atomic E-state index is 13.1. The number of para-hydroxylation sites is 1. The molecule has 1 heterocycles. The van der Waals surface area contributed by atoms with E-state index >= 15 is 0 Å². The maximum Gasteiger partial charge on any atom is 0.254 e. The standard InChI is InChI=1S/C23H18N2O/c26-23(20-15-7-13-19-14-8-16-24-22(19)20)25-21(17-9-3-1-4-10-17)18-11-5-2-6-12-18/h1-16,21H,(H,25,26). The summed E-state index contributed by atoms with van der Waals surface area (Å²) < 4.78 is 0. The molecule has 0 saturated carbocycles. The zero-order valence-corrected chi connectivity index (χ0v) is 14.2. The van der Waals surface area contributed by atoms with Crippen molar-refractivity contribution in [3.63, 3.8) is 0 Å². The van der Waals surface area contributed by atoms with Crippen LogP contribution in [0.4, 0.5) is 0 Å². The number of nitrogens with one attached hydrogen (secondary N) is 1. The third-order valence-electron chi connectivity index (χ3n) is 4.42. The van der Waals surface area contributed by atoms with Crippen molar-refractivity contribution in [3.8, 4) is 0 Å². The van der Waals surface area contributed by atoms with Gasteiger partial charge in [0, 0.05) is 11.6 Å². The molecule has 0 aliphatic rings. The topological polar surface area (TPSA) is 42.0 Å². The number of carbonyl (C=O) groups is 1. The molecule has 1 amide bonds. The summed E-state index contributed by atoms with van der Waals surface area (Å²) in [6, 6.07) is 29.3. The summed E-state index contributed by atoms with van der Waals surface area (Å²) in [6.07, 6.45) is 1.71. The summed E-state index contributed by atoms with van der Waals surface area (Å²) in [5.74, 6) is -0.132. The maximum absolute atomic E-state index is 13.1. The summed E-state index contributed by atoms with van der Waals surface area (Å²) in [7, 11) is 0. The van der Waals surface area contributed by atoms with Crippen LogP contribution in [0.15, 0.2) is 97.2 Å². The summed E-state index contributed by atoms with van der Waals surface area (Å²) in [6.45, 7) is 0. The SMILES string of the molecule is O=C(NC(c1ccccc1)c1ccccc1)c1cccc2cccnc12. The van der Waals surface area contributed by atoms with Gasteiger partial charge in [-0.25, -0.2) is 0 Å². The molecule has 0 fully saturated rings. The molecule has 0 unspecified atom stereocenters. The van der Waals surface area contributed by atoms with E-state index in [1.54, 1.807) is 6.20 Å². The summed E-state index contributed by atoms with van der Waals surface area (Å²) in [4.78, 5) is 17.5. The number of amides is 1. The number of fused-ring (bicyclic) bond motifs is 1. The number of rotatable bonds is 4. The fourth-order valence-corrected chi connectivity index (χ4v) is 3.15. The van der Waals surface area contributed by atoms with Crippen LogP contribution in [-0.4, -0.2) is 10.9 Å². The number of carbonyl (C=O) groups excluding carboxylic acids is 1. The molecule has 0 radical (unpaired) electrons. The second-order valence-electron chi connectivity index (χ2n) is 6.11. The van der Waals surface area contributed by atoms with Gasteiger partial charge in [0.25, 0.3) is 5.91 Å². The van der Waals surface area contributed by atoms with Crippen LogP contribution in [0.2, 0.25) is 0 Å². The Morgan fingerprint density at radius 1 is 0.731 bits per heavy atom. The van der Waals surface area contributed by atoms with Crippen molar-refractivity contribution in [2.24, 2.45) is 0 Å². The largest absolute Gasteiger partial charge is 0.341 e. The average molecular weight is 338 g/mol. The van der Waals surface area contributed by atoms with Gasteiger partial charge in [0.05, 0.1) is 17.1 Å². The molecule has 26 heavy (non-hydrogen) atoms. The molecule has 0 aliphatic carbocycles. The van der Waals surface area contributed by atoms with Crippen LogP contribution < -0.4 is 5.32 Å². The number of hydrogen-bond donors (Lipinski definition) is 1. The van der Waals surface area contributed by atoms with E-state index in [4.69, 9.17) is 0 Å². The molecule has 0 atom stereocenters. The lowest BCUT2D eigenvalue weighted by Crippen LogP contribution is -2.29. The molecule has 0 aliphatic heterocycles. The zero-order valence-electron chi connectivity index (χ0n) is 14.2. The van der Waals surface area contributed by atoms with Gasteiger partial charge in [-0.3, -0.25) is 9.78 Å². The number of benzene rings is 3. The van der Waals surface area contributed by atoms with E-state index in [-0.39, 0.29) is 11.9 Å². The number of pyridine rings is 1. The van der Waals surface area contributed by atoms with Crippen molar-refractivity contribution >= 4 is 16.8 Å². The summed E-state index contributed by atoms with van der Waals surface area (Å²) in [5, 5.41) is 4.13. The predicted molar refractivity (Wildman–Crippen MR) is 104 cm³/mol. The van der Waals surface area contributed by atoms with E-state index in [0.29, 0.717) is 11.1 Å². The summed E-state index contributed by atoms with van der Waals surface area (Å²) >= 11 is 0. The van der Waals surface area contributed by atoms with Gasteiger partial charge < -0.3 is 5.32 Å². The first-order valence-electron chi connectivity index (χ1n) is 8.57. The zero-order chi connectivity index (χ0) is 17.8. The minimum absolute atomic E-state index is 0.132. The molecule has 4 aromatic rings. The van der Waals surface area contributed by atoms with Crippen molar-refractivity contribution in [1.82, 2.24) is 10.3 Å². The lowest BCUT2D eigenvalue weighted by Gasteiger charge is -2.20. The van der Waals surface area contributed by atoms with Crippen LogP contribution in [0.3, 0.4) is 0 Å². The Kier molecular flexibility index (Phi) is 4.44. The highest BCUT2D eigenvalue weighted by molar-refractivity contribution is 6.05. The summed E-state index contributed by atoms with van der Waals surface area (Å²) in [5.41, 5.74) is 3.38. The molecule has 126 valence electrons. The van der Waals surface area contributed by atoms with Crippen molar-refractivity contribution in [2.45, 2.75) is 6.04 Å². The number of nitrogens with zero attached hydrogens (tertiary/aromatic N) is 1. The second-order valence-corrected chi connectivity index (χ2v) is 6.11. The molecule has 0 spiro atoms. The first kappa shape index (κ1) is 16.0. The van der Waals surface area contributed by atoms with Crippen molar-refractivity contribution in [1.29, 1.82) is 0 Å². The first-order chi connectivity index (χ1) is 12.8. The van der Waals surface area contributed by atoms with E-state index in [9.17, 15) is 4.79 Å². The molecule has 1 aromatic heterocycles. The Morgan fingerprint density at radius 3 is 2.00 bits per heavy atom. The highest BCUT2D eigenvalue weighted by Crippen LogP contribution is 2.23. The molecular weight excluding hydrogens is 320 g/mol. The van der Waals surface area contributed by atoms with E-state index < -0.39 is 0 Å². The lowest BCUT2D eigenvalue weighted by molar-refractivity contribution is 0.0944. The van der Waals surface area contributed by atoms with E-state index in [1.807, 2.05) is 91.0 Å². The Labute approximate surface area is 152 Å². The minimum Gasteiger partial charge on any atom is -0.341 e. The van der Waals surface area contributed by atoms with Gasteiger partial charge in [-0.2, -0.15) is 0 Å². The van der Waals surface area contributed by atoms with E-state index in [2.05, 4.69) is 10.3 Å². The van der Waals surface area contributed by atoms with Gasteiger partial charge in [-0.1, -0.05) is 78.9 Å². The predicted octanol–water partition coefficient (Wildman–Crippen LogP) is 4.75. The first-order valence-corrected chi connectivity index (χ1v) is 8.57. The van der Waals surface area contributed by atoms with Gasteiger partial charge in [-0.15, -0.1) is 0 Å². The van der Waals surface area contributed by atoms with Crippen LogP contribution in [0.5, 0.6) is 0 Å². The van der Waals surface area contributed by atoms with Crippen LogP contribution in [0.1, 0.15) is 27.5 Å². The lowest BCUT2D eigenvalue weighted by atomic mass is 9.98. The van der Waals surface area contributed by atoms with Crippen molar-refractivity contribution in [2.75, 3.05) is 0 Å². The molecule has 1 N–H and O–H groups in total. The van der Waals surface area contributed by atoms with Crippen LogP contribution in [-0.2, 0) is 0 Å². The number of hydrogen-bond acceptors (Lipinski definition) is 2. The van der Waals surface area contributed by atoms with Crippen LogP contribution in [0.25, 0.3) is 10.9 Å². The van der Waals surface area contributed by atoms with Crippen LogP contribution >= 0.6 is 0 Å². The highest BCUT2D eigenvalue weighted by Gasteiger charge is 2.19. The van der Waals surface area contributed by atoms with Crippen molar-refractivity contribution in [3.05, 3.63) is 114 Å². The van der Waals surface area contributed by atoms with Crippen molar-refractivity contribution < 1.29 is 4.79 Å². The molecule has 3 heteroatoms. The molecular formula is C23H18N2O. The third-order valence-corrected chi connectivity index (χ3v) is 4.42. The fraction of sp³-hybridized carbons (Fsp3) is 0.0435. The minimum atomic E-state index is -0.219. The fourth-order valence-electron chi connectivity index (χ4n) is 3.15. The van der Waals surface area contributed by atoms with Gasteiger partial charge in [-0.05, 0) is 23.3 Å². The van der Waals surface area contributed by atoms with E-state index in [0.717, 1.165) is 16.5 Å². The Bertz CT molecular complexity index is 985. The van der Waals surface area contributed by atoms with Gasteiger partial charge in [0.2, 0.25) is 0 Å². The molecule has 4 rings (SSSR count). The number of aromatic nitrogens is 1. The quantitative estimate of drug-likeness (QED) is 0.583. The smallest absolute Gasteiger partial charge is 0.254 e. The normalized spacial score (nSPS) is 10.8. The molecule has 3 aromatic carbocycles. The molecule has 3 nitrogen and oxygen atoms in total. The third kappa shape index (κ3) is 3.20. The Balaban J connectivity index is 1.73. The Morgan fingerprint density at radius 2 is 1.35 bits per heavy atom. The highest BCUT2D eigenvalue weighted by atomic mass is 16.1. The average Bonchev–Trinajstić information content (AvgIpc) is 2.72. The monoisotopic (exact) mass is 338 g/mol. The Hall–Kier alpha value is -3.46. The van der Waals surface area contributed by atoms with Gasteiger partial charge >= 0.3 is 0 Å². The van der Waals surface area contributed by atoms with Crippen LogP contribution in [0, 0.1) is 0 Å². The van der Waals surface area contributed by atoms with E-state index in [1.165, 1.54) is 0 Å². The van der Waals surface area contributed by atoms with Gasteiger partial charge in [0.1, 0.15) is 0 Å². The molecule has 0 bridgehead atoms. The van der Waals surface area contributed by atoms with Gasteiger partial charge in [0.15, 0.2) is 0 Å².